The molecule has 0 bridgehead atoms. The molecule has 0 fully saturated rings. The Morgan fingerprint density at radius 2 is 1.89 bits per heavy atom. The molecule has 0 aromatic heterocycles. The van der Waals surface area contributed by atoms with E-state index >= 15 is 0 Å². The normalized spacial score (nSPS) is 11.0. The van der Waals surface area contributed by atoms with E-state index in [9.17, 15) is 4.79 Å². The highest BCUT2D eigenvalue weighted by atomic mass is 32.2. The van der Waals surface area contributed by atoms with Crippen molar-refractivity contribution in [1.82, 2.24) is 16.0 Å². The number of thioether (sulfide) groups is 1. The molecule has 0 aliphatic carbocycles. The van der Waals surface area contributed by atoms with Crippen molar-refractivity contribution in [1.29, 1.82) is 0 Å². The number of carbonyl (C=O) groups excluding carboxylic acids is 1. The quantitative estimate of drug-likeness (QED) is 0.247. The van der Waals surface area contributed by atoms with Crippen LogP contribution in [0.5, 0.6) is 5.75 Å². The number of guanidine groups is 1. The third kappa shape index (κ3) is 8.35. The first-order chi connectivity index (χ1) is 13.7. The summed E-state index contributed by atoms with van der Waals surface area (Å²) in [6.07, 6.45) is 0. The Kier molecular flexibility index (Phi) is 9.79. The molecule has 150 valence electrons. The average Bonchev–Trinajstić information content (AvgIpc) is 2.73. The van der Waals surface area contributed by atoms with Crippen LogP contribution in [0.25, 0.3) is 0 Å². The summed E-state index contributed by atoms with van der Waals surface area (Å²) in [6, 6.07) is 18.0. The summed E-state index contributed by atoms with van der Waals surface area (Å²) in [5, 5.41) is 9.31. The van der Waals surface area contributed by atoms with Crippen LogP contribution in [-0.4, -0.2) is 44.4 Å². The molecule has 28 heavy (non-hydrogen) atoms. The van der Waals surface area contributed by atoms with E-state index in [0.717, 1.165) is 23.8 Å². The van der Waals surface area contributed by atoms with Gasteiger partial charge in [0.2, 0.25) is 0 Å². The summed E-state index contributed by atoms with van der Waals surface area (Å²) in [5.74, 6) is 2.26. The van der Waals surface area contributed by atoms with Crippen LogP contribution in [0.15, 0.2) is 64.5 Å². The van der Waals surface area contributed by atoms with Gasteiger partial charge in [-0.1, -0.05) is 30.3 Å². The van der Waals surface area contributed by atoms with Gasteiger partial charge < -0.3 is 20.7 Å². The van der Waals surface area contributed by atoms with Crippen molar-refractivity contribution >= 4 is 23.6 Å². The Morgan fingerprint density at radius 3 is 2.64 bits per heavy atom. The third-order valence-corrected chi connectivity index (χ3v) is 4.75. The fourth-order valence-electron chi connectivity index (χ4n) is 2.40. The van der Waals surface area contributed by atoms with E-state index in [-0.39, 0.29) is 12.5 Å². The number of nitrogens with zero attached hydrogens (tertiary/aromatic N) is 1. The lowest BCUT2D eigenvalue weighted by Crippen LogP contribution is -2.37. The van der Waals surface area contributed by atoms with Gasteiger partial charge in [0.05, 0.1) is 0 Å². The molecule has 0 spiro atoms. The topological polar surface area (TPSA) is 74.8 Å². The molecule has 7 heteroatoms. The van der Waals surface area contributed by atoms with Gasteiger partial charge in [-0.15, -0.1) is 11.8 Å². The largest absolute Gasteiger partial charge is 0.484 e. The van der Waals surface area contributed by atoms with Crippen molar-refractivity contribution < 1.29 is 9.53 Å². The molecule has 0 radical (unpaired) electrons. The molecule has 0 unspecified atom stereocenters. The number of hydrogen-bond acceptors (Lipinski definition) is 4. The van der Waals surface area contributed by atoms with Crippen LogP contribution in [0.1, 0.15) is 12.5 Å². The molecule has 0 saturated carbocycles. The molecule has 0 saturated heterocycles. The Labute approximate surface area is 171 Å². The summed E-state index contributed by atoms with van der Waals surface area (Å²) < 4.78 is 5.53. The second-order valence-corrected chi connectivity index (χ2v) is 7.07. The van der Waals surface area contributed by atoms with Crippen LogP contribution in [0.3, 0.4) is 0 Å². The molecule has 1 amide bonds. The van der Waals surface area contributed by atoms with E-state index in [2.05, 4.69) is 33.1 Å². The molecule has 0 aliphatic heterocycles. The highest BCUT2D eigenvalue weighted by Crippen LogP contribution is 2.16. The average molecular weight is 401 g/mol. The van der Waals surface area contributed by atoms with Crippen molar-refractivity contribution in [3.8, 4) is 5.75 Å². The van der Waals surface area contributed by atoms with Crippen molar-refractivity contribution in [2.45, 2.75) is 18.4 Å². The Hall–Kier alpha value is -2.67. The van der Waals surface area contributed by atoms with Gasteiger partial charge in [0.1, 0.15) is 5.75 Å². The first-order valence-corrected chi connectivity index (χ1v) is 10.3. The standard InChI is InChI=1S/C21H28N4O2S/c1-3-23-20(26)16-27-18-9-7-8-17(14-18)15-25-21(22-2)24-12-13-28-19-10-5-4-6-11-19/h4-11,14H,3,12-13,15-16H2,1-2H3,(H,23,26)(H2,22,24,25). The lowest BCUT2D eigenvalue weighted by Gasteiger charge is -2.13. The molecule has 2 aromatic rings. The smallest absolute Gasteiger partial charge is 0.257 e. The second kappa shape index (κ2) is 12.7. The minimum absolute atomic E-state index is 0.0209. The number of hydrogen-bond donors (Lipinski definition) is 3. The van der Waals surface area contributed by atoms with Crippen molar-refractivity contribution in [3.05, 3.63) is 60.2 Å². The van der Waals surface area contributed by atoms with E-state index in [1.54, 1.807) is 18.8 Å². The highest BCUT2D eigenvalue weighted by molar-refractivity contribution is 7.99. The summed E-state index contributed by atoms with van der Waals surface area (Å²) in [6.45, 7) is 3.93. The van der Waals surface area contributed by atoms with Gasteiger partial charge >= 0.3 is 0 Å². The maximum Gasteiger partial charge on any atom is 0.257 e. The maximum absolute atomic E-state index is 11.5. The van der Waals surface area contributed by atoms with Gasteiger partial charge in [-0.25, -0.2) is 0 Å². The van der Waals surface area contributed by atoms with Crippen LogP contribution in [-0.2, 0) is 11.3 Å². The number of nitrogens with one attached hydrogen (secondary N) is 3. The van der Waals surface area contributed by atoms with E-state index in [0.29, 0.717) is 18.8 Å². The fourth-order valence-corrected chi connectivity index (χ4v) is 3.19. The fraction of sp³-hybridized carbons (Fsp3) is 0.333. The molecular formula is C21H28N4O2S. The van der Waals surface area contributed by atoms with E-state index in [1.807, 2.05) is 49.4 Å². The van der Waals surface area contributed by atoms with E-state index in [1.165, 1.54) is 4.90 Å². The van der Waals surface area contributed by atoms with Crippen LogP contribution in [0, 0.1) is 0 Å². The number of ether oxygens (including phenoxy) is 1. The van der Waals surface area contributed by atoms with Crippen LogP contribution in [0.2, 0.25) is 0 Å². The number of rotatable bonds is 10. The van der Waals surface area contributed by atoms with Gasteiger partial charge in [-0.2, -0.15) is 0 Å². The Bertz CT molecular complexity index is 753. The van der Waals surface area contributed by atoms with Crippen molar-refractivity contribution in [2.24, 2.45) is 4.99 Å². The minimum Gasteiger partial charge on any atom is -0.484 e. The number of amides is 1. The molecule has 0 heterocycles. The summed E-state index contributed by atoms with van der Waals surface area (Å²) >= 11 is 1.81. The third-order valence-electron chi connectivity index (χ3n) is 3.73. The zero-order valence-corrected chi connectivity index (χ0v) is 17.2. The minimum atomic E-state index is -0.121. The SMILES string of the molecule is CCNC(=O)COc1cccc(CNC(=NC)NCCSc2ccccc2)c1. The summed E-state index contributed by atoms with van der Waals surface area (Å²) in [7, 11) is 1.76. The Morgan fingerprint density at radius 1 is 1.07 bits per heavy atom. The van der Waals surface area contributed by atoms with Gasteiger partial charge in [0, 0.05) is 37.3 Å². The lowest BCUT2D eigenvalue weighted by atomic mass is 10.2. The Balaban J connectivity index is 1.72. The van der Waals surface area contributed by atoms with Gasteiger partial charge in [-0.05, 0) is 36.8 Å². The summed E-state index contributed by atoms with van der Waals surface area (Å²) in [4.78, 5) is 17.0. The monoisotopic (exact) mass is 400 g/mol. The first-order valence-electron chi connectivity index (χ1n) is 9.32. The van der Waals surface area contributed by atoms with Crippen molar-refractivity contribution in [2.75, 3.05) is 32.5 Å². The van der Waals surface area contributed by atoms with E-state index < -0.39 is 0 Å². The molecule has 0 aliphatic rings. The predicted molar refractivity (Wildman–Crippen MR) is 116 cm³/mol. The van der Waals surface area contributed by atoms with Gasteiger partial charge in [0.25, 0.3) is 5.91 Å². The molecular weight excluding hydrogens is 372 g/mol. The number of likely N-dealkylation sites (N-methyl/N-ethyl adjacent to an activating group) is 1. The van der Waals surface area contributed by atoms with Crippen LogP contribution >= 0.6 is 11.8 Å². The van der Waals surface area contributed by atoms with Gasteiger partial charge in [-0.3, -0.25) is 9.79 Å². The van der Waals surface area contributed by atoms with Gasteiger partial charge in [0.15, 0.2) is 12.6 Å². The molecule has 6 nitrogen and oxygen atoms in total. The predicted octanol–water partition coefficient (Wildman–Crippen LogP) is 2.66. The molecule has 2 aromatic carbocycles. The zero-order chi connectivity index (χ0) is 20.0. The first kappa shape index (κ1) is 21.6. The number of benzene rings is 2. The van der Waals surface area contributed by atoms with Crippen LogP contribution in [0.4, 0.5) is 0 Å². The maximum atomic E-state index is 11.5. The zero-order valence-electron chi connectivity index (χ0n) is 16.4. The molecule has 3 N–H and O–H groups in total. The molecule has 2 rings (SSSR count). The molecule has 0 atom stereocenters. The highest BCUT2D eigenvalue weighted by Gasteiger charge is 2.03. The number of carbonyl (C=O) groups is 1. The second-order valence-electron chi connectivity index (χ2n) is 5.90. The van der Waals surface area contributed by atoms with Crippen LogP contribution < -0.4 is 20.7 Å². The van der Waals surface area contributed by atoms with Crippen molar-refractivity contribution in [3.63, 3.8) is 0 Å². The van der Waals surface area contributed by atoms with E-state index in [4.69, 9.17) is 4.74 Å². The number of aliphatic imine (C=N–C) groups is 1. The summed E-state index contributed by atoms with van der Waals surface area (Å²) in [5.41, 5.74) is 1.05. The lowest BCUT2D eigenvalue weighted by molar-refractivity contribution is -0.122.